The average molecular weight is 237 g/mol. The molecule has 6 N–H and O–H groups in total. The van der Waals surface area contributed by atoms with Crippen LogP contribution < -0.4 is 5.73 Å². The summed E-state index contributed by atoms with van der Waals surface area (Å²) < 4.78 is 4.95. The second-order valence-corrected chi connectivity index (χ2v) is 3.08. The summed E-state index contributed by atoms with van der Waals surface area (Å²) in [7, 11) is 0. The van der Waals surface area contributed by atoms with E-state index in [1.165, 1.54) is 0 Å². The van der Waals surface area contributed by atoms with Gasteiger partial charge < -0.3 is 30.9 Å². The lowest BCUT2D eigenvalue weighted by atomic mass is 10.2. The summed E-state index contributed by atoms with van der Waals surface area (Å²) in [5.74, 6) is -3.54. The zero-order chi connectivity index (χ0) is 12.7. The Morgan fingerprint density at radius 3 is 1.69 bits per heavy atom. The number of rotatable bonds is 4. The van der Waals surface area contributed by atoms with Gasteiger partial charge in [-0.3, -0.25) is 0 Å². The van der Waals surface area contributed by atoms with Crippen LogP contribution in [0.15, 0.2) is 0 Å². The molecule has 1 aliphatic rings. The summed E-state index contributed by atoms with van der Waals surface area (Å²) in [4.78, 5) is 19.5. The van der Waals surface area contributed by atoms with Gasteiger partial charge in [0, 0.05) is 13.2 Å². The molecule has 3 atom stereocenters. The van der Waals surface area contributed by atoms with Crippen LogP contribution in [-0.4, -0.2) is 63.8 Å². The topological polar surface area (TPSA) is 150 Å². The minimum atomic E-state index is -2.27. The number of aliphatic hydroxyl groups is 2. The molecule has 16 heavy (non-hydrogen) atoms. The van der Waals surface area contributed by atoms with Gasteiger partial charge in [0.2, 0.25) is 0 Å². The molecule has 94 valence electrons. The number of carboxylic acids is 2. The molecule has 0 amide bonds. The largest absolute Gasteiger partial charge is 0.479 e. The third-order valence-corrected chi connectivity index (χ3v) is 1.86. The van der Waals surface area contributed by atoms with E-state index in [0.29, 0.717) is 12.6 Å². The smallest absolute Gasteiger partial charge is 0.335 e. The summed E-state index contributed by atoms with van der Waals surface area (Å²) in [6.07, 6.45) is -2.98. The SMILES string of the molecule is NC[C@@H]1CCO1.O=C(O)[C@H](O)[C@@H](O)C(=O)O. The van der Waals surface area contributed by atoms with Gasteiger partial charge in [-0.1, -0.05) is 0 Å². The molecule has 0 radical (unpaired) electrons. The minimum Gasteiger partial charge on any atom is -0.479 e. The van der Waals surface area contributed by atoms with Crippen molar-refractivity contribution in [3.8, 4) is 0 Å². The third-order valence-electron chi connectivity index (χ3n) is 1.86. The van der Waals surface area contributed by atoms with Crippen molar-refractivity contribution in [3.63, 3.8) is 0 Å². The Morgan fingerprint density at radius 1 is 1.25 bits per heavy atom. The number of nitrogens with two attached hydrogens (primary N) is 1. The van der Waals surface area contributed by atoms with Gasteiger partial charge >= 0.3 is 11.9 Å². The van der Waals surface area contributed by atoms with Gasteiger partial charge in [0.25, 0.3) is 0 Å². The zero-order valence-electron chi connectivity index (χ0n) is 8.44. The molecule has 0 aromatic rings. The van der Waals surface area contributed by atoms with Crippen LogP contribution in [0.2, 0.25) is 0 Å². The third kappa shape index (κ3) is 5.03. The van der Waals surface area contributed by atoms with Gasteiger partial charge in [-0.25, -0.2) is 9.59 Å². The van der Waals surface area contributed by atoms with E-state index in [1.54, 1.807) is 0 Å². The van der Waals surface area contributed by atoms with Gasteiger partial charge in [0.05, 0.1) is 6.10 Å². The minimum absolute atomic E-state index is 0.394. The van der Waals surface area contributed by atoms with Crippen LogP contribution in [0.4, 0.5) is 0 Å². The van der Waals surface area contributed by atoms with E-state index < -0.39 is 24.1 Å². The molecular formula is C8H15NO7. The number of ether oxygens (including phenoxy) is 1. The van der Waals surface area contributed by atoms with Crippen molar-refractivity contribution in [2.45, 2.75) is 24.7 Å². The zero-order valence-corrected chi connectivity index (χ0v) is 8.44. The van der Waals surface area contributed by atoms with Crippen LogP contribution in [0.1, 0.15) is 6.42 Å². The van der Waals surface area contributed by atoms with E-state index in [0.717, 1.165) is 13.0 Å². The van der Waals surface area contributed by atoms with Crippen molar-refractivity contribution in [3.05, 3.63) is 0 Å². The molecule has 0 aliphatic carbocycles. The molecule has 0 aromatic heterocycles. The van der Waals surface area contributed by atoms with Crippen molar-refractivity contribution in [2.75, 3.05) is 13.2 Å². The first kappa shape index (κ1) is 14.8. The Morgan fingerprint density at radius 2 is 1.62 bits per heavy atom. The predicted octanol–water partition coefficient (Wildman–Crippen LogP) is -2.39. The van der Waals surface area contributed by atoms with Gasteiger partial charge in [0.1, 0.15) is 0 Å². The fourth-order valence-corrected chi connectivity index (χ4v) is 0.741. The summed E-state index contributed by atoms with van der Waals surface area (Å²) in [5, 5.41) is 32.5. The number of carbonyl (C=O) groups is 2. The van der Waals surface area contributed by atoms with Crippen molar-refractivity contribution < 1.29 is 34.8 Å². The highest BCUT2D eigenvalue weighted by Gasteiger charge is 2.29. The lowest BCUT2D eigenvalue weighted by molar-refractivity contribution is -0.165. The second kappa shape index (κ2) is 7.12. The average Bonchev–Trinajstić information content (AvgIpc) is 2.14. The second-order valence-electron chi connectivity index (χ2n) is 3.08. The molecule has 0 bridgehead atoms. The first-order valence-electron chi connectivity index (χ1n) is 4.53. The molecule has 1 heterocycles. The van der Waals surface area contributed by atoms with Crippen molar-refractivity contribution in [2.24, 2.45) is 5.73 Å². The molecule has 0 saturated carbocycles. The fourth-order valence-electron chi connectivity index (χ4n) is 0.741. The molecule has 8 heteroatoms. The van der Waals surface area contributed by atoms with Crippen LogP contribution in [0.5, 0.6) is 0 Å². The first-order chi connectivity index (χ1) is 7.40. The van der Waals surface area contributed by atoms with Gasteiger partial charge in [0.15, 0.2) is 12.2 Å². The molecule has 1 fully saturated rings. The van der Waals surface area contributed by atoms with E-state index in [4.69, 9.17) is 30.9 Å². The Kier molecular flexibility index (Phi) is 6.58. The predicted molar refractivity (Wildman–Crippen MR) is 50.7 cm³/mol. The van der Waals surface area contributed by atoms with Gasteiger partial charge in [-0.05, 0) is 6.42 Å². The lowest BCUT2D eigenvalue weighted by Crippen LogP contribution is -2.39. The van der Waals surface area contributed by atoms with Crippen molar-refractivity contribution >= 4 is 11.9 Å². The Labute approximate surface area is 91.2 Å². The van der Waals surface area contributed by atoms with Crippen LogP contribution in [0.25, 0.3) is 0 Å². The van der Waals surface area contributed by atoms with Gasteiger partial charge in [-0.2, -0.15) is 0 Å². The highest BCUT2D eigenvalue weighted by molar-refractivity contribution is 5.83. The van der Waals surface area contributed by atoms with E-state index in [1.807, 2.05) is 0 Å². The van der Waals surface area contributed by atoms with Crippen molar-refractivity contribution in [1.29, 1.82) is 0 Å². The highest BCUT2D eigenvalue weighted by atomic mass is 16.5. The lowest BCUT2D eigenvalue weighted by Gasteiger charge is -2.24. The van der Waals surface area contributed by atoms with E-state index >= 15 is 0 Å². The quantitative estimate of drug-likeness (QED) is 0.363. The molecule has 1 aliphatic heterocycles. The van der Waals surface area contributed by atoms with Crippen molar-refractivity contribution in [1.82, 2.24) is 0 Å². The highest BCUT2D eigenvalue weighted by Crippen LogP contribution is 2.07. The molecule has 0 spiro atoms. The van der Waals surface area contributed by atoms with E-state index in [9.17, 15) is 9.59 Å². The Balaban J connectivity index is 0.000000315. The maximum atomic E-state index is 9.77. The maximum absolute atomic E-state index is 9.77. The Hall–Kier alpha value is -1.22. The van der Waals surface area contributed by atoms with E-state index in [2.05, 4.69) is 0 Å². The van der Waals surface area contributed by atoms with E-state index in [-0.39, 0.29) is 0 Å². The molecule has 0 unspecified atom stereocenters. The molecule has 1 rings (SSSR count). The maximum Gasteiger partial charge on any atom is 0.335 e. The summed E-state index contributed by atoms with van der Waals surface area (Å²) in [6, 6.07) is 0. The molecule has 8 nitrogen and oxygen atoms in total. The number of hydrogen-bond donors (Lipinski definition) is 5. The molecule has 0 aromatic carbocycles. The van der Waals surface area contributed by atoms with Crippen LogP contribution in [0, 0.1) is 0 Å². The number of carboxylic acid groups (broad SMARTS) is 2. The number of aliphatic carboxylic acids is 2. The van der Waals surface area contributed by atoms with Crippen LogP contribution in [-0.2, 0) is 14.3 Å². The molecular weight excluding hydrogens is 222 g/mol. The monoisotopic (exact) mass is 237 g/mol. The normalized spacial score (nSPS) is 22.1. The fraction of sp³-hybridized carbons (Fsp3) is 0.750. The summed E-state index contributed by atoms with van der Waals surface area (Å²) in [6.45, 7) is 1.61. The van der Waals surface area contributed by atoms with Crippen LogP contribution in [0.3, 0.4) is 0 Å². The summed E-state index contributed by atoms with van der Waals surface area (Å²) >= 11 is 0. The number of aliphatic hydroxyl groups excluding tert-OH is 2. The summed E-state index contributed by atoms with van der Waals surface area (Å²) in [5.41, 5.74) is 5.21. The number of hydrogen-bond acceptors (Lipinski definition) is 6. The van der Waals surface area contributed by atoms with Crippen LogP contribution >= 0.6 is 0 Å². The Bertz CT molecular complexity index is 220. The molecule has 1 saturated heterocycles. The standard InChI is InChI=1S/C4H9NO.C4H6O6/c5-3-4-1-2-6-4;5-1(3(7)8)2(6)4(9)10/h4H,1-3,5H2;1-2,5-6H,(H,7,8)(H,9,10)/t4-;1-,2-/m01/s1. The van der Waals surface area contributed by atoms with Gasteiger partial charge in [-0.15, -0.1) is 0 Å². The first-order valence-corrected chi connectivity index (χ1v) is 4.53.